The molecule has 1 unspecified atom stereocenters. The van der Waals surface area contributed by atoms with Crippen molar-refractivity contribution in [1.29, 1.82) is 0 Å². The van der Waals surface area contributed by atoms with E-state index in [-0.39, 0.29) is 0 Å². The van der Waals surface area contributed by atoms with Gasteiger partial charge in [-0.1, -0.05) is 0 Å². The molecule has 0 bridgehead atoms. The van der Waals surface area contributed by atoms with Gasteiger partial charge in [-0.15, -0.1) is 0 Å². The van der Waals surface area contributed by atoms with Crippen LogP contribution in [0.1, 0.15) is 50.5 Å². The molecule has 3 rings (SSSR count). The molecule has 0 spiro atoms. The van der Waals surface area contributed by atoms with Gasteiger partial charge in [-0.3, -0.25) is 14.4 Å². The Morgan fingerprint density at radius 2 is 2.00 bits per heavy atom. The summed E-state index contributed by atoms with van der Waals surface area (Å²) in [6, 6.07) is 0.425. The highest BCUT2D eigenvalue weighted by Crippen LogP contribution is 2.27. The predicted octanol–water partition coefficient (Wildman–Crippen LogP) is 2.00. The number of rotatable bonds is 3. The second-order valence-corrected chi connectivity index (χ2v) is 6.93. The zero-order valence-electron chi connectivity index (χ0n) is 13.9. The van der Waals surface area contributed by atoms with Crippen LogP contribution in [-0.2, 0) is 11.8 Å². The van der Waals surface area contributed by atoms with Crippen molar-refractivity contribution in [2.75, 3.05) is 26.2 Å². The van der Waals surface area contributed by atoms with Crippen molar-refractivity contribution in [2.45, 2.75) is 51.0 Å². The van der Waals surface area contributed by atoms with Crippen molar-refractivity contribution in [2.24, 2.45) is 7.05 Å². The minimum atomic E-state index is 0.326. The van der Waals surface area contributed by atoms with Gasteiger partial charge in [0.05, 0.1) is 12.7 Å². The van der Waals surface area contributed by atoms with E-state index in [1.165, 1.54) is 18.4 Å². The van der Waals surface area contributed by atoms with Crippen LogP contribution in [0, 0.1) is 0 Å². The molecule has 1 amide bonds. The van der Waals surface area contributed by atoms with Gasteiger partial charge in [-0.05, 0) is 63.6 Å². The van der Waals surface area contributed by atoms with Gasteiger partial charge in [0.2, 0.25) is 5.91 Å². The fraction of sp³-hybridized carbons (Fsp3) is 0.765. The largest absolute Gasteiger partial charge is 0.339 e. The summed E-state index contributed by atoms with van der Waals surface area (Å²) >= 11 is 0. The number of aryl methyl sites for hydroxylation is 1. The smallest absolute Gasteiger partial charge is 0.236 e. The molecule has 0 aliphatic carbocycles. The molecule has 0 N–H and O–H groups in total. The summed E-state index contributed by atoms with van der Waals surface area (Å²) in [4.78, 5) is 16.9. The molecule has 1 atom stereocenters. The number of carbonyl (C=O) groups excluding carboxylic acids is 1. The van der Waals surface area contributed by atoms with Crippen molar-refractivity contribution < 1.29 is 4.79 Å². The zero-order chi connectivity index (χ0) is 15.5. The van der Waals surface area contributed by atoms with Crippen LogP contribution >= 0.6 is 0 Å². The first-order valence-corrected chi connectivity index (χ1v) is 8.64. The molecular formula is C17H28N4O. The summed E-state index contributed by atoms with van der Waals surface area (Å²) in [6.45, 7) is 5.78. The average Bonchev–Trinajstić information content (AvgIpc) is 2.95. The van der Waals surface area contributed by atoms with E-state index < -0.39 is 0 Å². The highest BCUT2D eigenvalue weighted by Gasteiger charge is 2.27. The molecule has 5 heteroatoms. The molecule has 1 aromatic heterocycles. The second kappa shape index (κ2) is 6.82. The molecular weight excluding hydrogens is 276 g/mol. The minimum absolute atomic E-state index is 0.326. The Morgan fingerprint density at radius 3 is 2.64 bits per heavy atom. The average molecular weight is 304 g/mol. The quantitative estimate of drug-likeness (QED) is 0.857. The maximum Gasteiger partial charge on any atom is 0.236 e. The Bertz CT molecular complexity index is 505. The molecule has 0 radical (unpaired) electrons. The first-order valence-electron chi connectivity index (χ1n) is 8.64. The molecule has 0 saturated carbocycles. The fourth-order valence-corrected chi connectivity index (χ4v) is 3.83. The van der Waals surface area contributed by atoms with Gasteiger partial charge in [0.25, 0.3) is 0 Å². The SMILES string of the molecule is CC1CCCCN1C(=O)CN1CCC(c2cnn(C)c2)CC1. The van der Waals surface area contributed by atoms with E-state index >= 15 is 0 Å². The van der Waals surface area contributed by atoms with E-state index in [0.717, 1.165) is 38.9 Å². The number of carbonyl (C=O) groups is 1. The van der Waals surface area contributed by atoms with Gasteiger partial charge in [0, 0.05) is 25.8 Å². The third kappa shape index (κ3) is 3.51. The highest BCUT2D eigenvalue weighted by molar-refractivity contribution is 5.78. The van der Waals surface area contributed by atoms with Crippen molar-refractivity contribution in [1.82, 2.24) is 19.6 Å². The first-order chi connectivity index (χ1) is 10.6. The van der Waals surface area contributed by atoms with Crippen LogP contribution < -0.4 is 0 Å². The Kier molecular flexibility index (Phi) is 4.81. The standard InChI is InChI=1S/C17H28N4O/c1-14-5-3-4-8-21(14)17(22)13-20-9-6-15(7-10-20)16-11-18-19(2)12-16/h11-12,14-15H,3-10,13H2,1-2H3. The van der Waals surface area contributed by atoms with Crippen molar-refractivity contribution >= 4 is 5.91 Å². The molecule has 2 aliphatic rings. The topological polar surface area (TPSA) is 41.4 Å². The minimum Gasteiger partial charge on any atom is -0.339 e. The van der Waals surface area contributed by atoms with Crippen LogP contribution in [-0.4, -0.2) is 57.7 Å². The van der Waals surface area contributed by atoms with E-state index in [0.29, 0.717) is 24.4 Å². The van der Waals surface area contributed by atoms with Crippen molar-refractivity contribution in [3.8, 4) is 0 Å². The number of aromatic nitrogens is 2. The lowest BCUT2D eigenvalue weighted by Gasteiger charge is -2.37. The van der Waals surface area contributed by atoms with E-state index in [4.69, 9.17) is 0 Å². The summed E-state index contributed by atoms with van der Waals surface area (Å²) < 4.78 is 1.88. The van der Waals surface area contributed by atoms with Gasteiger partial charge < -0.3 is 4.90 Å². The number of amides is 1. The van der Waals surface area contributed by atoms with Crippen LogP contribution in [0.5, 0.6) is 0 Å². The van der Waals surface area contributed by atoms with E-state index in [2.05, 4.69) is 28.0 Å². The third-order valence-corrected chi connectivity index (χ3v) is 5.27. The van der Waals surface area contributed by atoms with Crippen molar-refractivity contribution in [3.05, 3.63) is 18.0 Å². The highest BCUT2D eigenvalue weighted by atomic mass is 16.2. The molecule has 122 valence electrons. The molecule has 22 heavy (non-hydrogen) atoms. The Hall–Kier alpha value is -1.36. The molecule has 1 aromatic rings. The Labute approximate surface area is 133 Å². The van der Waals surface area contributed by atoms with Gasteiger partial charge in [0.1, 0.15) is 0 Å². The van der Waals surface area contributed by atoms with Crippen LogP contribution in [0.4, 0.5) is 0 Å². The van der Waals surface area contributed by atoms with Gasteiger partial charge in [-0.2, -0.15) is 5.10 Å². The van der Waals surface area contributed by atoms with E-state index in [9.17, 15) is 4.79 Å². The lowest BCUT2D eigenvalue weighted by molar-refractivity contribution is -0.135. The molecule has 2 aliphatic heterocycles. The maximum absolute atomic E-state index is 12.5. The maximum atomic E-state index is 12.5. The number of nitrogens with zero attached hydrogens (tertiary/aromatic N) is 4. The first kappa shape index (κ1) is 15.5. The Morgan fingerprint density at radius 1 is 1.23 bits per heavy atom. The van der Waals surface area contributed by atoms with Crippen LogP contribution in [0.15, 0.2) is 12.4 Å². The summed E-state index contributed by atoms with van der Waals surface area (Å²) in [5.74, 6) is 0.931. The third-order valence-electron chi connectivity index (χ3n) is 5.27. The number of likely N-dealkylation sites (tertiary alicyclic amines) is 2. The number of piperidine rings is 2. The van der Waals surface area contributed by atoms with E-state index in [1.807, 2.05) is 17.9 Å². The zero-order valence-corrected chi connectivity index (χ0v) is 13.9. The summed E-state index contributed by atoms with van der Waals surface area (Å²) in [7, 11) is 1.97. The predicted molar refractivity (Wildman–Crippen MR) is 86.6 cm³/mol. The normalized spacial score (nSPS) is 24.6. The molecule has 3 heterocycles. The van der Waals surface area contributed by atoms with Crippen LogP contribution in [0.2, 0.25) is 0 Å². The Balaban J connectivity index is 1.48. The van der Waals surface area contributed by atoms with Gasteiger partial charge in [0.15, 0.2) is 0 Å². The second-order valence-electron chi connectivity index (χ2n) is 6.93. The monoisotopic (exact) mass is 304 g/mol. The lowest BCUT2D eigenvalue weighted by atomic mass is 9.91. The van der Waals surface area contributed by atoms with Gasteiger partial charge in [-0.25, -0.2) is 0 Å². The summed E-state index contributed by atoms with van der Waals surface area (Å²) in [6.07, 6.45) is 9.97. The number of hydrogen-bond acceptors (Lipinski definition) is 3. The summed E-state index contributed by atoms with van der Waals surface area (Å²) in [5.41, 5.74) is 1.35. The summed E-state index contributed by atoms with van der Waals surface area (Å²) in [5, 5.41) is 4.27. The van der Waals surface area contributed by atoms with Crippen molar-refractivity contribution in [3.63, 3.8) is 0 Å². The lowest BCUT2D eigenvalue weighted by Crippen LogP contribution is -2.48. The van der Waals surface area contributed by atoms with Gasteiger partial charge >= 0.3 is 0 Å². The number of hydrogen-bond donors (Lipinski definition) is 0. The molecule has 0 aromatic carbocycles. The molecule has 2 saturated heterocycles. The van der Waals surface area contributed by atoms with E-state index in [1.54, 1.807) is 0 Å². The molecule has 5 nitrogen and oxygen atoms in total. The van der Waals surface area contributed by atoms with Crippen LogP contribution in [0.25, 0.3) is 0 Å². The fourth-order valence-electron chi connectivity index (χ4n) is 3.83. The van der Waals surface area contributed by atoms with Crippen LogP contribution in [0.3, 0.4) is 0 Å². The molecule has 2 fully saturated rings.